The SMILES string of the molecule is O=C(O)CCC1CCN(C(=O)c2c[nH]ccc2=O)C1. The molecule has 1 amide bonds. The first-order valence-corrected chi connectivity index (χ1v) is 6.26. The molecule has 2 heterocycles. The number of likely N-dealkylation sites (tertiary alicyclic amines) is 1. The largest absolute Gasteiger partial charge is 0.481 e. The summed E-state index contributed by atoms with van der Waals surface area (Å²) < 4.78 is 0. The van der Waals surface area contributed by atoms with Crippen molar-refractivity contribution < 1.29 is 14.7 Å². The number of hydrogen-bond donors (Lipinski definition) is 2. The van der Waals surface area contributed by atoms with Crippen molar-refractivity contribution in [2.24, 2.45) is 5.92 Å². The molecule has 6 nitrogen and oxygen atoms in total. The summed E-state index contributed by atoms with van der Waals surface area (Å²) in [6.07, 6.45) is 4.39. The molecule has 2 N–H and O–H groups in total. The fraction of sp³-hybridized carbons (Fsp3) is 0.462. The van der Waals surface area contributed by atoms with Crippen LogP contribution in [-0.2, 0) is 4.79 Å². The maximum absolute atomic E-state index is 12.1. The highest BCUT2D eigenvalue weighted by atomic mass is 16.4. The summed E-state index contributed by atoms with van der Waals surface area (Å²) in [4.78, 5) is 38.6. The minimum atomic E-state index is -0.815. The fourth-order valence-corrected chi connectivity index (χ4v) is 2.33. The molecule has 0 aromatic carbocycles. The lowest BCUT2D eigenvalue weighted by molar-refractivity contribution is -0.137. The van der Waals surface area contributed by atoms with Crippen molar-refractivity contribution in [3.8, 4) is 0 Å². The molecule has 1 saturated heterocycles. The van der Waals surface area contributed by atoms with Gasteiger partial charge in [0.1, 0.15) is 5.56 Å². The smallest absolute Gasteiger partial charge is 0.303 e. The number of aliphatic carboxylic acids is 1. The van der Waals surface area contributed by atoms with Gasteiger partial charge >= 0.3 is 5.97 Å². The molecule has 1 atom stereocenters. The molecule has 1 aliphatic heterocycles. The molecule has 0 bridgehead atoms. The van der Waals surface area contributed by atoms with E-state index in [2.05, 4.69) is 4.98 Å². The number of hydrogen-bond acceptors (Lipinski definition) is 3. The molecule has 102 valence electrons. The summed E-state index contributed by atoms with van der Waals surface area (Å²) in [5.74, 6) is -0.883. The number of H-pyrrole nitrogens is 1. The van der Waals surface area contributed by atoms with Crippen LogP contribution in [0.4, 0.5) is 0 Å². The van der Waals surface area contributed by atoms with Gasteiger partial charge in [0.05, 0.1) is 0 Å². The van der Waals surface area contributed by atoms with Crippen LogP contribution in [0.15, 0.2) is 23.3 Å². The lowest BCUT2D eigenvalue weighted by Crippen LogP contribution is -2.32. The van der Waals surface area contributed by atoms with Crippen molar-refractivity contribution in [2.45, 2.75) is 19.3 Å². The molecule has 19 heavy (non-hydrogen) atoms. The zero-order valence-electron chi connectivity index (χ0n) is 10.5. The third-order valence-electron chi connectivity index (χ3n) is 3.39. The molecule has 1 aliphatic rings. The van der Waals surface area contributed by atoms with E-state index in [9.17, 15) is 14.4 Å². The van der Waals surface area contributed by atoms with Crippen LogP contribution in [0.2, 0.25) is 0 Å². The molecule has 1 aromatic heterocycles. The fourth-order valence-electron chi connectivity index (χ4n) is 2.33. The summed E-state index contributed by atoms with van der Waals surface area (Å²) in [6, 6.07) is 1.32. The van der Waals surface area contributed by atoms with E-state index in [0.29, 0.717) is 19.5 Å². The van der Waals surface area contributed by atoms with Crippen LogP contribution in [-0.4, -0.2) is 40.0 Å². The number of carboxylic acid groups (broad SMARTS) is 1. The Kier molecular flexibility index (Phi) is 3.99. The van der Waals surface area contributed by atoms with Gasteiger partial charge in [0, 0.05) is 38.0 Å². The van der Waals surface area contributed by atoms with Gasteiger partial charge in [-0.05, 0) is 18.8 Å². The van der Waals surface area contributed by atoms with E-state index in [1.807, 2.05) is 0 Å². The molecule has 0 spiro atoms. The number of aromatic amines is 1. The number of aromatic nitrogens is 1. The van der Waals surface area contributed by atoms with E-state index in [-0.39, 0.29) is 29.2 Å². The van der Waals surface area contributed by atoms with E-state index < -0.39 is 5.97 Å². The number of rotatable bonds is 4. The van der Waals surface area contributed by atoms with E-state index in [1.165, 1.54) is 18.5 Å². The second kappa shape index (κ2) is 5.69. The van der Waals surface area contributed by atoms with Crippen LogP contribution in [0.5, 0.6) is 0 Å². The van der Waals surface area contributed by atoms with Crippen LogP contribution >= 0.6 is 0 Å². The number of carbonyl (C=O) groups excluding carboxylic acids is 1. The van der Waals surface area contributed by atoms with E-state index >= 15 is 0 Å². The molecule has 2 rings (SSSR count). The molecule has 1 unspecified atom stereocenters. The minimum absolute atomic E-state index is 0.124. The van der Waals surface area contributed by atoms with Crippen molar-refractivity contribution in [2.75, 3.05) is 13.1 Å². The topological polar surface area (TPSA) is 90.5 Å². The van der Waals surface area contributed by atoms with Crippen molar-refractivity contribution >= 4 is 11.9 Å². The molecule has 6 heteroatoms. The average Bonchev–Trinajstić information content (AvgIpc) is 2.85. The quantitative estimate of drug-likeness (QED) is 0.837. The third kappa shape index (κ3) is 3.21. The highest BCUT2D eigenvalue weighted by molar-refractivity contribution is 5.93. The second-order valence-electron chi connectivity index (χ2n) is 4.76. The molecule has 1 fully saturated rings. The highest BCUT2D eigenvalue weighted by Gasteiger charge is 2.28. The monoisotopic (exact) mass is 264 g/mol. The standard InChI is InChI=1S/C13H16N2O4/c16-11-3-5-14-7-10(11)13(19)15-6-4-9(8-15)1-2-12(17)18/h3,5,7,9H,1-2,4,6,8H2,(H,14,16)(H,17,18). The maximum atomic E-state index is 12.1. The second-order valence-corrected chi connectivity index (χ2v) is 4.76. The van der Waals surface area contributed by atoms with Gasteiger partial charge in [0.2, 0.25) is 0 Å². The molecule has 0 radical (unpaired) electrons. The van der Waals surface area contributed by atoms with Crippen molar-refractivity contribution in [3.05, 3.63) is 34.2 Å². The Labute approximate surface area is 110 Å². The first-order valence-electron chi connectivity index (χ1n) is 6.26. The zero-order valence-corrected chi connectivity index (χ0v) is 10.5. The predicted molar refractivity (Wildman–Crippen MR) is 67.9 cm³/mol. The van der Waals surface area contributed by atoms with Gasteiger partial charge in [-0.25, -0.2) is 0 Å². The van der Waals surface area contributed by atoms with Gasteiger partial charge in [-0.3, -0.25) is 14.4 Å². The summed E-state index contributed by atoms with van der Waals surface area (Å²) in [5, 5.41) is 8.64. The molecular formula is C13H16N2O4. The van der Waals surface area contributed by atoms with Crippen molar-refractivity contribution in [3.63, 3.8) is 0 Å². The zero-order chi connectivity index (χ0) is 13.8. The highest BCUT2D eigenvalue weighted by Crippen LogP contribution is 2.21. The number of carboxylic acids is 1. The first kappa shape index (κ1) is 13.3. The third-order valence-corrected chi connectivity index (χ3v) is 3.39. The van der Waals surface area contributed by atoms with Crippen LogP contribution in [0.1, 0.15) is 29.6 Å². The lowest BCUT2D eigenvalue weighted by Gasteiger charge is -2.15. The average molecular weight is 264 g/mol. The molecule has 0 aliphatic carbocycles. The van der Waals surface area contributed by atoms with Gasteiger partial charge in [0.25, 0.3) is 5.91 Å². The number of carbonyl (C=O) groups is 2. The molecular weight excluding hydrogens is 248 g/mol. The van der Waals surface area contributed by atoms with Gasteiger partial charge in [-0.1, -0.05) is 0 Å². The lowest BCUT2D eigenvalue weighted by atomic mass is 10.0. The van der Waals surface area contributed by atoms with Crippen LogP contribution in [0.3, 0.4) is 0 Å². The van der Waals surface area contributed by atoms with Crippen LogP contribution in [0, 0.1) is 5.92 Å². The van der Waals surface area contributed by atoms with Crippen molar-refractivity contribution in [1.29, 1.82) is 0 Å². The summed E-state index contributed by atoms with van der Waals surface area (Å²) in [5.41, 5.74) is -0.154. The Morgan fingerprint density at radius 1 is 1.47 bits per heavy atom. The van der Waals surface area contributed by atoms with E-state index in [1.54, 1.807) is 4.90 Å². The van der Waals surface area contributed by atoms with Gasteiger partial charge in [-0.2, -0.15) is 0 Å². The Hall–Kier alpha value is -2.11. The summed E-state index contributed by atoms with van der Waals surface area (Å²) in [6.45, 7) is 1.11. The van der Waals surface area contributed by atoms with Crippen LogP contribution in [0.25, 0.3) is 0 Å². The molecule has 1 aromatic rings. The number of nitrogens with zero attached hydrogens (tertiary/aromatic N) is 1. The van der Waals surface area contributed by atoms with Gasteiger partial charge < -0.3 is 15.0 Å². The summed E-state index contributed by atoms with van der Waals surface area (Å²) >= 11 is 0. The Morgan fingerprint density at radius 3 is 2.95 bits per heavy atom. The van der Waals surface area contributed by atoms with Gasteiger partial charge in [0.15, 0.2) is 5.43 Å². The Bertz CT molecular complexity index is 537. The van der Waals surface area contributed by atoms with Crippen LogP contribution < -0.4 is 5.43 Å². The minimum Gasteiger partial charge on any atom is -0.481 e. The van der Waals surface area contributed by atoms with E-state index in [0.717, 1.165) is 6.42 Å². The maximum Gasteiger partial charge on any atom is 0.303 e. The number of pyridine rings is 1. The number of nitrogens with one attached hydrogen (secondary N) is 1. The Morgan fingerprint density at radius 2 is 2.26 bits per heavy atom. The number of amides is 1. The van der Waals surface area contributed by atoms with E-state index in [4.69, 9.17) is 5.11 Å². The summed E-state index contributed by atoms with van der Waals surface area (Å²) in [7, 11) is 0. The van der Waals surface area contributed by atoms with Crippen molar-refractivity contribution in [1.82, 2.24) is 9.88 Å². The Balaban J connectivity index is 1.97. The first-order chi connectivity index (χ1) is 9.08. The molecule has 0 saturated carbocycles. The van der Waals surface area contributed by atoms with Gasteiger partial charge in [-0.15, -0.1) is 0 Å². The predicted octanol–water partition coefficient (Wildman–Crippen LogP) is 0.702. The normalized spacial score (nSPS) is 18.5.